The summed E-state index contributed by atoms with van der Waals surface area (Å²) in [5.74, 6) is -2.48. The van der Waals surface area contributed by atoms with Crippen molar-refractivity contribution in [2.24, 2.45) is 0 Å². The fraction of sp³-hybridized carbons (Fsp3) is 0.250. The molecule has 0 spiro atoms. The number of rotatable bonds is 7. The number of benzene rings is 1. The quantitative estimate of drug-likeness (QED) is 0.626. The zero-order chi connectivity index (χ0) is 16.1. The highest BCUT2D eigenvalue weighted by molar-refractivity contribution is 6.40. The van der Waals surface area contributed by atoms with Crippen LogP contribution in [-0.4, -0.2) is 35.6 Å². The van der Waals surface area contributed by atoms with Gasteiger partial charge in [-0.2, -0.15) is 0 Å². The molecule has 6 heteroatoms. The van der Waals surface area contributed by atoms with E-state index in [0.29, 0.717) is 11.3 Å². The molecule has 1 N–H and O–H groups in total. The lowest BCUT2D eigenvalue weighted by atomic mass is 10.0. The molecule has 2 aromatic rings. The molecule has 0 atom stereocenters. The molecule has 0 amide bonds. The van der Waals surface area contributed by atoms with Gasteiger partial charge >= 0.3 is 5.97 Å². The second kappa shape index (κ2) is 7.02. The number of carboxylic acid groups (broad SMARTS) is 1. The summed E-state index contributed by atoms with van der Waals surface area (Å²) in [7, 11) is 3.01. The van der Waals surface area contributed by atoms with Crippen molar-refractivity contribution >= 4 is 11.8 Å². The second-order valence-electron chi connectivity index (χ2n) is 4.68. The second-order valence-corrected chi connectivity index (χ2v) is 4.68. The average molecular weight is 303 g/mol. The minimum Gasteiger partial charge on any atom is -0.475 e. The third kappa shape index (κ3) is 3.08. The van der Waals surface area contributed by atoms with Crippen LogP contribution in [0, 0.1) is 0 Å². The van der Waals surface area contributed by atoms with Gasteiger partial charge in [-0.1, -0.05) is 30.3 Å². The van der Waals surface area contributed by atoms with Crippen LogP contribution in [0.2, 0.25) is 0 Å². The highest BCUT2D eigenvalue weighted by atomic mass is 16.5. The first kappa shape index (κ1) is 15.9. The summed E-state index contributed by atoms with van der Waals surface area (Å²) in [5.41, 5.74) is 2.08. The molecule has 6 nitrogen and oxygen atoms in total. The van der Waals surface area contributed by atoms with E-state index in [-0.39, 0.29) is 19.0 Å². The molecule has 0 bridgehead atoms. The number of ketones is 1. The van der Waals surface area contributed by atoms with Gasteiger partial charge in [0.05, 0.1) is 6.61 Å². The predicted octanol–water partition coefficient (Wildman–Crippen LogP) is 2.17. The number of aliphatic carboxylic acids is 1. The Bertz CT molecular complexity index is 675. The molecule has 22 heavy (non-hydrogen) atoms. The van der Waals surface area contributed by atoms with Gasteiger partial charge in [0.1, 0.15) is 12.4 Å². The normalized spacial score (nSPS) is 10.6. The van der Waals surface area contributed by atoms with E-state index in [0.717, 1.165) is 5.56 Å². The third-order valence-corrected chi connectivity index (χ3v) is 3.23. The number of carboxylic acids is 1. The highest BCUT2D eigenvalue weighted by Crippen LogP contribution is 2.28. The number of ether oxygens (including phenoxy) is 2. The molecule has 0 radical (unpaired) electrons. The van der Waals surface area contributed by atoms with Gasteiger partial charge in [0.15, 0.2) is 0 Å². The lowest BCUT2D eigenvalue weighted by Gasteiger charge is -2.11. The summed E-state index contributed by atoms with van der Waals surface area (Å²) in [6.45, 7) is 0.315. The minimum atomic E-state index is -1.50. The Morgan fingerprint density at radius 1 is 1.14 bits per heavy atom. The molecule has 1 heterocycles. The number of nitrogens with zero attached hydrogens (tertiary/aromatic N) is 1. The minimum absolute atomic E-state index is 0.0693. The van der Waals surface area contributed by atoms with E-state index in [1.807, 2.05) is 30.3 Å². The maximum Gasteiger partial charge on any atom is 0.378 e. The number of methoxy groups -OCH3 is 2. The van der Waals surface area contributed by atoms with E-state index in [4.69, 9.17) is 14.6 Å². The summed E-state index contributed by atoms with van der Waals surface area (Å²) >= 11 is 0. The lowest BCUT2D eigenvalue weighted by Crippen LogP contribution is -2.20. The van der Waals surface area contributed by atoms with Crippen molar-refractivity contribution in [2.75, 3.05) is 14.2 Å². The summed E-state index contributed by atoms with van der Waals surface area (Å²) in [5, 5.41) is 9.10. The van der Waals surface area contributed by atoms with Crippen LogP contribution in [0.1, 0.15) is 16.2 Å². The fourth-order valence-corrected chi connectivity index (χ4v) is 2.33. The monoisotopic (exact) mass is 303 g/mol. The van der Waals surface area contributed by atoms with Crippen LogP contribution in [0.3, 0.4) is 0 Å². The Labute approximate surface area is 127 Å². The largest absolute Gasteiger partial charge is 0.475 e. The highest BCUT2D eigenvalue weighted by Gasteiger charge is 2.26. The van der Waals surface area contributed by atoms with E-state index < -0.39 is 11.8 Å². The standard InChI is InChI=1S/C16H17NO5/c1-21-9-12-8-13(11-6-4-3-5-7-11)14(15(18)16(19)20)17(12)10-22-2/h3-8H,9-10H2,1-2H3,(H,19,20). The number of Topliss-reactive ketones (excluding diaryl/α,β-unsaturated/α-hetero) is 1. The maximum absolute atomic E-state index is 12.1. The Morgan fingerprint density at radius 3 is 2.36 bits per heavy atom. The van der Waals surface area contributed by atoms with Gasteiger partial charge in [-0.15, -0.1) is 0 Å². The molecule has 0 fully saturated rings. The van der Waals surface area contributed by atoms with Gasteiger partial charge in [0.25, 0.3) is 5.78 Å². The number of hydrogen-bond acceptors (Lipinski definition) is 4. The summed E-state index contributed by atoms with van der Waals surface area (Å²) in [6, 6.07) is 10.9. The van der Waals surface area contributed by atoms with Crippen LogP contribution in [0.25, 0.3) is 11.1 Å². The summed E-state index contributed by atoms with van der Waals surface area (Å²) in [4.78, 5) is 23.3. The van der Waals surface area contributed by atoms with E-state index in [1.165, 1.54) is 18.8 Å². The molecule has 1 aromatic heterocycles. The van der Waals surface area contributed by atoms with Gasteiger partial charge < -0.3 is 19.1 Å². The first-order valence-corrected chi connectivity index (χ1v) is 6.63. The lowest BCUT2D eigenvalue weighted by molar-refractivity contribution is -0.131. The van der Waals surface area contributed by atoms with Crippen molar-refractivity contribution in [3.05, 3.63) is 47.8 Å². The Balaban J connectivity index is 2.68. The topological polar surface area (TPSA) is 77.8 Å². The number of carbonyl (C=O) groups excluding carboxylic acids is 1. The fourth-order valence-electron chi connectivity index (χ4n) is 2.33. The molecule has 0 aliphatic rings. The van der Waals surface area contributed by atoms with Gasteiger partial charge in [0, 0.05) is 25.5 Å². The molecular formula is C16H17NO5. The first-order chi connectivity index (χ1) is 10.6. The molecule has 0 saturated carbocycles. The third-order valence-electron chi connectivity index (χ3n) is 3.23. The van der Waals surface area contributed by atoms with E-state index in [1.54, 1.807) is 6.07 Å². The van der Waals surface area contributed by atoms with Gasteiger partial charge in [-0.25, -0.2) is 4.79 Å². The van der Waals surface area contributed by atoms with E-state index >= 15 is 0 Å². The number of carbonyl (C=O) groups is 2. The molecule has 0 saturated heterocycles. The predicted molar refractivity (Wildman–Crippen MR) is 79.6 cm³/mol. The average Bonchev–Trinajstić information content (AvgIpc) is 2.87. The zero-order valence-corrected chi connectivity index (χ0v) is 12.4. The SMILES string of the molecule is COCc1cc(-c2ccccc2)c(C(=O)C(=O)O)n1COC. The molecule has 116 valence electrons. The maximum atomic E-state index is 12.1. The summed E-state index contributed by atoms with van der Waals surface area (Å²) in [6.07, 6.45) is 0. The first-order valence-electron chi connectivity index (χ1n) is 6.63. The van der Waals surface area contributed by atoms with Crippen molar-refractivity contribution in [1.82, 2.24) is 4.57 Å². The molecule has 0 unspecified atom stereocenters. The van der Waals surface area contributed by atoms with Crippen molar-refractivity contribution in [2.45, 2.75) is 13.3 Å². The van der Waals surface area contributed by atoms with Crippen molar-refractivity contribution in [1.29, 1.82) is 0 Å². The molecule has 0 aliphatic carbocycles. The Morgan fingerprint density at radius 2 is 1.82 bits per heavy atom. The van der Waals surface area contributed by atoms with Gasteiger partial charge in [-0.05, 0) is 11.6 Å². The van der Waals surface area contributed by atoms with Crippen LogP contribution in [0.15, 0.2) is 36.4 Å². The van der Waals surface area contributed by atoms with Crippen LogP contribution >= 0.6 is 0 Å². The van der Waals surface area contributed by atoms with Crippen molar-refractivity contribution in [3.63, 3.8) is 0 Å². The summed E-state index contributed by atoms with van der Waals surface area (Å²) < 4.78 is 11.8. The van der Waals surface area contributed by atoms with Crippen LogP contribution in [0.5, 0.6) is 0 Å². The molecule has 0 aliphatic heterocycles. The van der Waals surface area contributed by atoms with E-state index in [9.17, 15) is 9.59 Å². The Hall–Kier alpha value is -2.44. The van der Waals surface area contributed by atoms with Gasteiger partial charge in [0.2, 0.25) is 0 Å². The smallest absolute Gasteiger partial charge is 0.378 e. The number of hydrogen-bond donors (Lipinski definition) is 1. The molecule has 1 aromatic carbocycles. The van der Waals surface area contributed by atoms with Crippen molar-refractivity contribution < 1.29 is 24.2 Å². The van der Waals surface area contributed by atoms with Crippen LogP contribution < -0.4 is 0 Å². The van der Waals surface area contributed by atoms with Crippen LogP contribution in [-0.2, 0) is 27.6 Å². The zero-order valence-electron chi connectivity index (χ0n) is 12.4. The molecular weight excluding hydrogens is 286 g/mol. The Kier molecular flexibility index (Phi) is 5.08. The number of aromatic nitrogens is 1. The van der Waals surface area contributed by atoms with Crippen molar-refractivity contribution in [3.8, 4) is 11.1 Å². The molecule has 2 rings (SSSR count). The van der Waals surface area contributed by atoms with Gasteiger partial charge in [-0.3, -0.25) is 4.79 Å². The van der Waals surface area contributed by atoms with Crippen LogP contribution in [0.4, 0.5) is 0 Å². The van der Waals surface area contributed by atoms with E-state index in [2.05, 4.69) is 0 Å².